The Morgan fingerprint density at radius 3 is 3.00 bits per heavy atom. The molecule has 0 atom stereocenters. The van der Waals surface area contributed by atoms with E-state index < -0.39 is 0 Å². The number of halogens is 1. The van der Waals surface area contributed by atoms with Gasteiger partial charge in [0.2, 0.25) is 0 Å². The molecule has 2 aromatic heterocycles. The molecular formula is C10H10BrN5. The maximum Gasteiger partial charge on any atom is 0.146 e. The molecule has 2 rings (SSSR count). The van der Waals surface area contributed by atoms with Gasteiger partial charge in [-0.1, -0.05) is 6.07 Å². The Hall–Kier alpha value is -1.69. The minimum Gasteiger partial charge on any atom is -0.274 e. The van der Waals surface area contributed by atoms with Gasteiger partial charge in [0.25, 0.3) is 0 Å². The molecule has 0 aromatic carbocycles. The van der Waals surface area contributed by atoms with Crippen LogP contribution in [0.5, 0.6) is 0 Å². The van der Waals surface area contributed by atoms with Gasteiger partial charge in [-0.15, -0.1) is 0 Å². The van der Waals surface area contributed by atoms with Gasteiger partial charge in [-0.2, -0.15) is 10.2 Å². The van der Waals surface area contributed by atoms with Crippen molar-refractivity contribution < 1.29 is 0 Å². The second-order valence-electron chi connectivity index (χ2n) is 3.12. The minimum atomic E-state index is 0.700. The molecular weight excluding hydrogens is 270 g/mol. The summed E-state index contributed by atoms with van der Waals surface area (Å²) in [6.45, 7) is 0. The summed E-state index contributed by atoms with van der Waals surface area (Å²) in [6.07, 6.45) is 5.20. The third kappa shape index (κ3) is 2.66. The van der Waals surface area contributed by atoms with E-state index in [0.717, 1.165) is 10.2 Å². The van der Waals surface area contributed by atoms with Gasteiger partial charge in [0.05, 0.1) is 10.7 Å². The number of pyridine rings is 1. The van der Waals surface area contributed by atoms with Gasteiger partial charge in [-0.25, -0.2) is 4.98 Å². The molecule has 0 aliphatic rings. The van der Waals surface area contributed by atoms with E-state index in [2.05, 4.69) is 36.5 Å². The second-order valence-corrected chi connectivity index (χ2v) is 3.98. The van der Waals surface area contributed by atoms with Crippen LogP contribution in [0.2, 0.25) is 0 Å². The topological polar surface area (TPSA) is 55.1 Å². The normalized spacial score (nSPS) is 10.9. The molecule has 5 nitrogen and oxygen atoms in total. The van der Waals surface area contributed by atoms with Crippen molar-refractivity contribution in [3.63, 3.8) is 0 Å². The summed E-state index contributed by atoms with van der Waals surface area (Å²) in [5.41, 5.74) is 3.59. The lowest BCUT2D eigenvalue weighted by Crippen LogP contribution is -1.94. The maximum atomic E-state index is 4.20. The van der Waals surface area contributed by atoms with Crippen LogP contribution in [0.4, 0.5) is 5.82 Å². The van der Waals surface area contributed by atoms with E-state index in [-0.39, 0.29) is 0 Å². The van der Waals surface area contributed by atoms with E-state index in [0.29, 0.717) is 5.82 Å². The maximum absolute atomic E-state index is 4.20. The Kier molecular flexibility index (Phi) is 3.31. The van der Waals surface area contributed by atoms with Crippen molar-refractivity contribution in [3.8, 4) is 0 Å². The van der Waals surface area contributed by atoms with E-state index in [1.165, 1.54) is 0 Å². The van der Waals surface area contributed by atoms with Crippen LogP contribution < -0.4 is 5.43 Å². The molecule has 0 saturated heterocycles. The van der Waals surface area contributed by atoms with Crippen LogP contribution >= 0.6 is 15.9 Å². The molecule has 0 unspecified atom stereocenters. The number of anilines is 1. The van der Waals surface area contributed by atoms with Crippen molar-refractivity contribution in [3.05, 3.63) is 40.8 Å². The van der Waals surface area contributed by atoms with Crippen LogP contribution in [0.3, 0.4) is 0 Å². The first-order chi connectivity index (χ1) is 7.75. The average molecular weight is 280 g/mol. The molecule has 0 radical (unpaired) electrons. The molecule has 82 valence electrons. The Labute approximate surface area is 101 Å². The first-order valence-electron chi connectivity index (χ1n) is 4.65. The highest BCUT2D eigenvalue weighted by atomic mass is 79.9. The summed E-state index contributed by atoms with van der Waals surface area (Å²) in [6, 6.07) is 5.58. The summed E-state index contributed by atoms with van der Waals surface area (Å²) in [7, 11) is 1.86. The van der Waals surface area contributed by atoms with Crippen LogP contribution in [-0.2, 0) is 7.05 Å². The first-order valence-corrected chi connectivity index (χ1v) is 5.44. The Morgan fingerprint density at radius 1 is 1.50 bits per heavy atom. The van der Waals surface area contributed by atoms with E-state index in [4.69, 9.17) is 0 Å². The van der Waals surface area contributed by atoms with Crippen LogP contribution in [0.15, 0.2) is 40.2 Å². The van der Waals surface area contributed by atoms with E-state index in [1.54, 1.807) is 17.1 Å². The van der Waals surface area contributed by atoms with E-state index in [9.17, 15) is 0 Å². The molecule has 0 aliphatic carbocycles. The zero-order chi connectivity index (χ0) is 11.4. The fourth-order valence-corrected chi connectivity index (χ4v) is 1.63. The lowest BCUT2D eigenvalue weighted by atomic mass is 10.5. The summed E-state index contributed by atoms with van der Waals surface area (Å²) >= 11 is 3.39. The molecule has 0 bridgehead atoms. The van der Waals surface area contributed by atoms with Crippen molar-refractivity contribution in [1.82, 2.24) is 14.8 Å². The highest BCUT2D eigenvalue weighted by Gasteiger charge is 2.00. The SMILES string of the molecule is Cn1cc(Br)c(C=NNc2ccccn2)n1. The smallest absolute Gasteiger partial charge is 0.146 e. The van der Waals surface area contributed by atoms with Crippen molar-refractivity contribution in [2.45, 2.75) is 0 Å². The van der Waals surface area contributed by atoms with Crippen LogP contribution in [0.1, 0.15) is 5.69 Å². The molecule has 2 heterocycles. The third-order valence-electron chi connectivity index (χ3n) is 1.84. The number of hydrogen-bond acceptors (Lipinski definition) is 4. The molecule has 1 N–H and O–H groups in total. The number of aromatic nitrogens is 3. The van der Waals surface area contributed by atoms with Crippen LogP contribution in [0.25, 0.3) is 0 Å². The van der Waals surface area contributed by atoms with Gasteiger partial charge in [-0.05, 0) is 28.1 Å². The van der Waals surface area contributed by atoms with Crippen molar-refractivity contribution >= 4 is 28.0 Å². The van der Waals surface area contributed by atoms with Crippen molar-refractivity contribution in [2.75, 3.05) is 5.43 Å². The molecule has 0 saturated carbocycles. The summed E-state index contributed by atoms with van der Waals surface area (Å²) in [5, 5.41) is 8.24. The van der Waals surface area contributed by atoms with Gasteiger partial charge in [0.1, 0.15) is 11.5 Å². The van der Waals surface area contributed by atoms with Gasteiger partial charge in [-0.3, -0.25) is 10.1 Å². The first kappa shape index (κ1) is 10.8. The fraction of sp³-hybridized carbons (Fsp3) is 0.100. The highest BCUT2D eigenvalue weighted by molar-refractivity contribution is 9.10. The number of hydrazone groups is 1. The molecule has 0 aliphatic heterocycles. The summed E-state index contributed by atoms with van der Waals surface area (Å²) < 4.78 is 2.62. The molecule has 0 fully saturated rings. The second kappa shape index (κ2) is 4.89. The average Bonchev–Trinajstić information content (AvgIpc) is 2.59. The fourth-order valence-electron chi connectivity index (χ4n) is 1.15. The number of rotatable bonds is 3. The lowest BCUT2D eigenvalue weighted by molar-refractivity contribution is 0.765. The van der Waals surface area contributed by atoms with Gasteiger partial charge in [0.15, 0.2) is 0 Å². The van der Waals surface area contributed by atoms with Crippen LogP contribution in [0, 0.1) is 0 Å². The number of nitrogens with zero attached hydrogens (tertiary/aromatic N) is 4. The molecule has 2 aromatic rings. The van der Waals surface area contributed by atoms with Gasteiger partial charge >= 0.3 is 0 Å². The highest BCUT2D eigenvalue weighted by Crippen LogP contribution is 2.11. The zero-order valence-electron chi connectivity index (χ0n) is 8.63. The molecule has 0 spiro atoms. The molecule has 6 heteroatoms. The number of aryl methyl sites for hydroxylation is 1. The molecule has 16 heavy (non-hydrogen) atoms. The standard InChI is InChI=1S/C10H10BrN5/c1-16-7-8(11)9(15-16)6-13-14-10-4-2-3-5-12-10/h2-7H,1H3,(H,12,14). The Balaban J connectivity index is 2.03. The number of nitrogens with one attached hydrogen (secondary N) is 1. The Bertz CT molecular complexity index is 491. The van der Waals surface area contributed by atoms with E-state index >= 15 is 0 Å². The van der Waals surface area contributed by atoms with Crippen LogP contribution in [-0.4, -0.2) is 21.0 Å². The predicted molar refractivity (Wildman–Crippen MR) is 66.4 cm³/mol. The number of hydrogen-bond donors (Lipinski definition) is 1. The molecule has 0 amide bonds. The lowest BCUT2D eigenvalue weighted by Gasteiger charge is -1.95. The van der Waals surface area contributed by atoms with E-state index in [1.807, 2.05) is 31.4 Å². The van der Waals surface area contributed by atoms with Crippen molar-refractivity contribution in [2.24, 2.45) is 12.1 Å². The van der Waals surface area contributed by atoms with Crippen molar-refractivity contribution in [1.29, 1.82) is 0 Å². The quantitative estimate of drug-likeness (QED) is 0.691. The predicted octanol–water partition coefficient (Wildman–Crippen LogP) is 2.02. The monoisotopic (exact) mass is 279 g/mol. The Morgan fingerprint density at radius 2 is 2.38 bits per heavy atom. The third-order valence-corrected chi connectivity index (χ3v) is 2.45. The zero-order valence-corrected chi connectivity index (χ0v) is 10.2. The largest absolute Gasteiger partial charge is 0.274 e. The van der Waals surface area contributed by atoms with Gasteiger partial charge < -0.3 is 0 Å². The summed E-state index contributed by atoms with van der Waals surface area (Å²) in [5.74, 6) is 0.700. The minimum absolute atomic E-state index is 0.700. The summed E-state index contributed by atoms with van der Waals surface area (Å²) in [4.78, 5) is 4.08. The van der Waals surface area contributed by atoms with Gasteiger partial charge in [0, 0.05) is 19.4 Å².